The molecule has 19 heavy (non-hydrogen) atoms. The standard InChI is InChI=1S/C14H17N3O2/c1-18-8-12(15)13-16-14(19-17-13)11-6-5-9-3-2-4-10(9)7-11/h5-7,12H,2-4,8,15H2,1H3. The molecule has 0 radical (unpaired) electrons. The van der Waals surface area contributed by atoms with E-state index in [2.05, 4.69) is 22.3 Å². The van der Waals surface area contributed by atoms with Gasteiger partial charge in [0, 0.05) is 12.7 Å². The molecule has 100 valence electrons. The first-order valence-electron chi connectivity index (χ1n) is 6.48. The minimum atomic E-state index is -0.350. The number of fused-ring (bicyclic) bond motifs is 1. The van der Waals surface area contributed by atoms with Crippen LogP contribution in [0.1, 0.15) is 29.4 Å². The predicted octanol–water partition coefficient (Wildman–Crippen LogP) is 1.87. The molecule has 1 aromatic heterocycles. The van der Waals surface area contributed by atoms with Crippen LogP contribution in [0, 0.1) is 0 Å². The lowest BCUT2D eigenvalue weighted by Gasteiger charge is -2.03. The number of methoxy groups -OCH3 is 1. The Balaban J connectivity index is 1.86. The van der Waals surface area contributed by atoms with Gasteiger partial charge in [0.15, 0.2) is 5.82 Å². The minimum absolute atomic E-state index is 0.350. The summed E-state index contributed by atoms with van der Waals surface area (Å²) in [7, 11) is 1.60. The van der Waals surface area contributed by atoms with Crippen molar-refractivity contribution in [1.82, 2.24) is 10.1 Å². The second-order valence-electron chi connectivity index (χ2n) is 4.86. The second kappa shape index (κ2) is 5.11. The number of ether oxygens (including phenoxy) is 1. The molecule has 3 rings (SSSR count). The molecule has 0 bridgehead atoms. The fourth-order valence-electron chi connectivity index (χ4n) is 2.46. The van der Waals surface area contributed by atoms with Gasteiger partial charge in [0.25, 0.3) is 5.89 Å². The molecule has 1 aromatic carbocycles. The molecule has 5 heteroatoms. The van der Waals surface area contributed by atoms with Crippen LogP contribution in [-0.4, -0.2) is 23.9 Å². The van der Waals surface area contributed by atoms with Crippen molar-refractivity contribution in [2.45, 2.75) is 25.3 Å². The van der Waals surface area contributed by atoms with Crippen LogP contribution in [0.2, 0.25) is 0 Å². The lowest BCUT2D eigenvalue weighted by atomic mass is 10.1. The Morgan fingerprint density at radius 2 is 2.21 bits per heavy atom. The van der Waals surface area contributed by atoms with E-state index in [-0.39, 0.29) is 6.04 Å². The Hall–Kier alpha value is -1.72. The van der Waals surface area contributed by atoms with Crippen molar-refractivity contribution >= 4 is 0 Å². The maximum Gasteiger partial charge on any atom is 0.257 e. The molecule has 0 saturated carbocycles. The van der Waals surface area contributed by atoms with E-state index < -0.39 is 0 Å². The summed E-state index contributed by atoms with van der Waals surface area (Å²) in [4.78, 5) is 4.34. The number of nitrogens with zero attached hydrogens (tertiary/aromatic N) is 2. The van der Waals surface area contributed by atoms with Crippen molar-refractivity contribution in [2.24, 2.45) is 5.73 Å². The third kappa shape index (κ3) is 2.39. The molecular formula is C14H17N3O2. The largest absolute Gasteiger partial charge is 0.383 e. The van der Waals surface area contributed by atoms with E-state index in [1.54, 1.807) is 7.11 Å². The maximum atomic E-state index is 5.88. The highest BCUT2D eigenvalue weighted by atomic mass is 16.5. The number of aryl methyl sites for hydroxylation is 2. The summed E-state index contributed by atoms with van der Waals surface area (Å²) < 4.78 is 10.3. The molecule has 1 aliphatic rings. The first-order chi connectivity index (χ1) is 9.28. The third-order valence-corrected chi connectivity index (χ3v) is 3.47. The molecule has 5 nitrogen and oxygen atoms in total. The Bertz CT molecular complexity index is 580. The maximum absolute atomic E-state index is 5.88. The van der Waals surface area contributed by atoms with Gasteiger partial charge in [0.05, 0.1) is 12.6 Å². The smallest absolute Gasteiger partial charge is 0.257 e. The zero-order valence-electron chi connectivity index (χ0n) is 10.9. The molecular weight excluding hydrogens is 242 g/mol. The number of aromatic nitrogens is 2. The highest BCUT2D eigenvalue weighted by Gasteiger charge is 2.17. The highest BCUT2D eigenvalue weighted by molar-refractivity contribution is 5.56. The quantitative estimate of drug-likeness (QED) is 0.907. The topological polar surface area (TPSA) is 74.2 Å². The lowest BCUT2D eigenvalue weighted by molar-refractivity contribution is 0.177. The average Bonchev–Trinajstić information content (AvgIpc) is 3.07. The van der Waals surface area contributed by atoms with Gasteiger partial charge < -0.3 is 15.0 Å². The van der Waals surface area contributed by atoms with E-state index in [4.69, 9.17) is 15.0 Å². The Morgan fingerprint density at radius 1 is 1.37 bits per heavy atom. The summed E-state index contributed by atoms with van der Waals surface area (Å²) in [6.45, 7) is 0.378. The molecule has 2 N–H and O–H groups in total. The molecule has 0 fully saturated rings. The van der Waals surface area contributed by atoms with Gasteiger partial charge in [-0.25, -0.2) is 0 Å². The fraction of sp³-hybridized carbons (Fsp3) is 0.429. The van der Waals surface area contributed by atoms with Crippen molar-refractivity contribution < 1.29 is 9.26 Å². The summed E-state index contributed by atoms with van der Waals surface area (Å²) in [5, 5.41) is 3.91. The SMILES string of the molecule is COCC(N)c1noc(-c2ccc3c(c2)CCC3)n1. The van der Waals surface area contributed by atoms with E-state index in [0.29, 0.717) is 18.3 Å². The van der Waals surface area contributed by atoms with Crippen LogP contribution >= 0.6 is 0 Å². The Morgan fingerprint density at radius 3 is 3.05 bits per heavy atom. The van der Waals surface area contributed by atoms with E-state index in [1.165, 1.54) is 24.0 Å². The molecule has 1 atom stereocenters. The molecule has 1 heterocycles. The zero-order chi connectivity index (χ0) is 13.2. The number of benzene rings is 1. The van der Waals surface area contributed by atoms with E-state index in [0.717, 1.165) is 12.0 Å². The number of hydrogen-bond acceptors (Lipinski definition) is 5. The second-order valence-corrected chi connectivity index (χ2v) is 4.86. The molecule has 0 saturated heterocycles. The van der Waals surface area contributed by atoms with Crippen LogP contribution in [0.15, 0.2) is 22.7 Å². The van der Waals surface area contributed by atoms with Gasteiger partial charge in [-0.3, -0.25) is 0 Å². The molecule has 2 aromatic rings. The molecule has 0 spiro atoms. The van der Waals surface area contributed by atoms with Crippen molar-refractivity contribution in [3.8, 4) is 11.5 Å². The van der Waals surface area contributed by atoms with Gasteiger partial charge in [-0.2, -0.15) is 4.98 Å². The molecule has 1 unspecified atom stereocenters. The van der Waals surface area contributed by atoms with Crippen molar-refractivity contribution in [1.29, 1.82) is 0 Å². The third-order valence-electron chi connectivity index (χ3n) is 3.47. The van der Waals surface area contributed by atoms with Crippen LogP contribution < -0.4 is 5.73 Å². The van der Waals surface area contributed by atoms with Crippen LogP contribution in [0.3, 0.4) is 0 Å². The van der Waals surface area contributed by atoms with Crippen LogP contribution in [-0.2, 0) is 17.6 Å². The Labute approximate surface area is 111 Å². The van der Waals surface area contributed by atoms with E-state index in [1.807, 2.05) is 6.07 Å². The predicted molar refractivity (Wildman–Crippen MR) is 70.6 cm³/mol. The summed E-state index contributed by atoms with van der Waals surface area (Å²) in [6.07, 6.45) is 3.53. The van der Waals surface area contributed by atoms with Crippen LogP contribution in [0.4, 0.5) is 0 Å². The van der Waals surface area contributed by atoms with Gasteiger partial charge in [-0.1, -0.05) is 11.2 Å². The van der Waals surface area contributed by atoms with Crippen molar-refractivity contribution in [3.63, 3.8) is 0 Å². The van der Waals surface area contributed by atoms with Crippen LogP contribution in [0.25, 0.3) is 11.5 Å². The summed E-state index contributed by atoms with van der Waals surface area (Å²) in [5.41, 5.74) is 9.66. The number of hydrogen-bond donors (Lipinski definition) is 1. The normalized spacial score (nSPS) is 15.5. The average molecular weight is 259 g/mol. The number of nitrogens with two attached hydrogens (primary N) is 1. The summed E-state index contributed by atoms with van der Waals surface area (Å²) in [6, 6.07) is 5.97. The fourth-order valence-corrected chi connectivity index (χ4v) is 2.46. The lowest BCUT2D eigenvalue weighted by Crippen LogP contribution is -2.17. The monoisotopic (exact) mass is 259 g/mol. The van der Waals surface area contributed by atoms with Crippen molar-refractivity contribution in [2.75, 3.05) is 13.7 Å². The first kappa shape index (κ1) is 12.3. The first-order valence-corrected chi connectivity index (χ1v) is 6.48. The highest BCUT2D eigenvalue weighted by Crippen LogP contribution is 2.27. The van der Waals surface area contributed by atoms with E-state index in [9.17, 15) is 0 Å². The zero-order valence-corrected chi connectivity index (χ0v) is 10.9. The Kier molecular flexibility index (Phi) is 3.31. The summed E-state index contributed by atoms with van der Waals surface area (Å²) in [5.74, 6) is 1.01. The van der Waals surface area contributed by atoms with Gasteiger partial charge in [0.2, 0.25) is 0 Å². The number of rotatable bonds is 4. The van der Waals surface area contributed by atoms with Gasteiger partial charge in [-0.05, 0) is 42.5 Å². The van der Waals surface area contributed by atoms with Gasteiger partial charge in [-0.15, -0.1) is 0 Å². The van der Waals surface area contributed by atoms with Crippen molar-refractivity contribution in [3.05, 3.63) is 35.2 Å². The molecule has 0 aliphatic heterocycles. The van der Waals surface area contributed by atoms with Crippen LogP contribution in [0.5, 0.6) is 0 Å². The summed E-state index contributed by atoms with van der Waals surface area (Å²) >= 11 is 0. The molecule has 0 amide bonds. The van der Waals surface area contributed by atoms with E-state index >= 15 is 0 Å². The van der Waals surface area contributed by atoms with Gasteiger partial charge >= 0.3 is 0 Å². The van der Waals surface area contributed by atoms with Gasteiger partial charge in [0.1, 0.15) is 0 Å². The minimum Gasteiger partial charge on any atom is -0.383 e. The molecule has 1 aliphatic carbocycles.